The standard InChI is InChI=1S/C22H33NO5S/c1-4-5-8-13-29(26,27)15-21(24)28-17(3)22(25)23-16(2)19-12-11-18-9-6-7-10-20(18)14-19/h11-12,14,16-17H,4-10,13,15H2,1-3H3,(H,23,25). The molecule has 0 aromatic heterocycles. The van der Waals surface area contributed by atoms with Crippen LogP contribution in [0.25, 0.3) is 0 Å². The summed E-state index contributed by atoms with van der Waals surface area (Å²) in [4.78, 5) is 24.3. The van der Waals surface area contributed by atoms with Crippen LogP contribution in [-0.4, -0.2) is 37.9 Å². The van der Waals surface area contributed by atoms with E-state index in [0.29, 0.717) is 6.42 Å². The van der Waals surface area contributed by atoms with Crippen LogP contribution in [0.1, 0.15) is 75.6 Å². The molecule has 0 bridgehead atoms. The number of carbonyl (C=O) groups excluding carboxylic acids is 2. The highest BCUT2D eigenvalue weighted by Gasteiger charge is 2.24. The van der Waals surface area contributed by atoms with Crippen LogP contribution in [0.4, 0.5) is 0 Å². The molecule has 0 aliphatic heterocycles. The van der Waals surface area contributed by atoms with Gasteiger partial charge in [0.1, 0.15) is 5.75 Å². The second-order valence-electron chi connectivity index (χ2n) is 7.90. The molecule has 0 heterocycles. The van der Waals surface area contributed by atoms with Gasteiger partial charge in [-0.3, -0.25) is 9.59 Å². The van der Waals surface area contributed by atoms with E-state index in [1.54, 1.807) is 0 Å². The molecule has 6 nitrogen and oxygen atoms in total. The van der Waals surface area contributed by atoms with Gasteiger partial charge in [0.05, 0.1) is 11.8 Å². The van der Waals surface area contributed by atoms with Gasteiger partial charge < -0.3 is 10.1 Å². The van der Waals surface area contributed by atoms with Crippen LogP contribution in [0.2, 0.25) is 0 Å². The van der Waals surface area contributed by atoms with Crippen LogP contribution in [0.15, 0.2) is 18.2 Å². The number of unbranched alkanes of at least 4 members (excludes halogenated alkanes) is 2. The molecule has 29 heavy (non-hydrogen) atoms. The molecule has 1 aliphatic rings. The second-order valence-corrected chi connectivity index (χ2v) is 10.1. The number of aryl methyl sites for hydroxylation is 2. The van der Waals surface area contributed by atoms with Crippen molar-refractivity contribution in [3.05, 3.63) is 34.9 Å². The van der Waals surface area contributed by atoms with Crippen LogP contribution < -0.4 is 5.32 Å². The van der Waals surface area contributed by atoms with Crippen molar-refractivity contribution in [2.24, 2.45) is 0 Å². The third-order valence-electron chi connectivity index (χ3n) is 5.31. The predicted octanol–water partition coefficient (Wildman–Crippen LogP) is 3.28. The number of benzene rings is 1. The highest BCUT2D eigenvalue weighted by Crippen LogP contribution is 2.24. The number of rotatable bonds is 10. The summed E-state index contributed by atoms with van der Waals surface area (Å²) in [7, 11) is -3.51. The van der Waals surface area contributed by atoms with E-state index in [0.717, 1.165) is 31.2 Å². The van der Waals surface area contributed by atoms with Crippen molar-refractivity contribution in [2.75, 3.05) is 11.5 Å². The lowest BCUT2D eigenvalue weighted by molar-refractivity contribution is -0.152. The first-order chi connectivity index (χ1) is 13.7. The van der Waals surface area contributed by atoms with E-state index >= 15 is 0 Å². The van der Waals surface area contributed by atoms with Gasteiger partial charge in [0.2, 0.25) is 0 Å². The molecule has 2 atom stereocenters. The molecule has 1 aromatic carbocycles. The molecule has 2 rings (SSSR count). The molecule has 0 fully saturated rings. The van der Waals surface area contributed by atoms with Gasteiger partial charge in [0.25, 0.3) is 5.91 Å². The molecule has 162 valence electrons. The fourth-order valence-electron chi connectivity index (χ4n) is 3.55. The number of fused-ring (bicyclic) bond motifs is 1. The van der Waals surface area contributed by atoms with Crippen molar-refractivity contribution < 1.29 is 22.7 Å². The molecule has 0 saturated carbocycles. The molecule has 7 heteroatoms. The first kappa shape index (κ1) is 23.4. The number of esters is 1. The van der Waals surface area contributed by atoms with Crippen molar-refractivity contribution in [3.8, 4) is 0 Å². The highest BCUT2D eigenvalue weighted by molar-refractivity contribution is 7.92. The largest absolute Gasteiger partial charge is 0.452 e. The molecule has 2 unspecified atom stereocenters. The van der Waals surface area contributed by atoms with E-state index in [2.05, 4.69) is 17.4 Å². The van der Waals surface area contributed by atoms with Crippen molar-refractivity contribution in [1.82, 2.24) is 5.32 Å². The summed E-state index contributed by atoms with van der Waals surface area (Å²) >= 11 is 0. The minimum atomic E-state index is -3.51. The maximum Gasteiger partial charge on any atom is 0.321 e. The van der Waals surface area contributed by atoms with Crippen LogP contribution in [0.3, 0.4) is 0 Å². The number of carbonyl (C=O) groups is 2. The van der Waals surface area contributed by atoms with Gasteiger partial charge in [-0.2, -0.15) is 0 Å². The number of nitrogens with one attached hydrogen (secondary N) is 1. The lowest BCUT2D eigenvalue weighted by Crippen LogP contribution is -2.38. The number of hydrogen-bond acceptors (Lipinski definition) is 5. The normalized spacial score (nSPS) is 15.8. The first-order valence-corrected chi connectivity index (χ1v) is 12.4. The Balaban J connectivity index is 1.85. The Morgan fingerprint density at radius 2 is 1.79 bits per heavy atom. The molecule has 1 aliphatic carbocycles. The van der Waals surface area contributed by atoms with E-state index in [9.17, 15) is 18.0 Å². The van der Waals surface area contributed by atoms with E-state index in [1.165, 1.54) is 30.9 Å². The monoisotopic (exact) mass is 423 g/mol. The highest BCUT2D eigenvalue weighted by atomic mass is 32.2. The summed E-state index contributed by atoms with van der Waals surface area (Å²) in [6.45, 7) is 5.32. The molecular formula is C22H33NO5S. The summed E-state index contributed by atoms with van der Waals surface area (Å²) in [6.07, 6.45) is 5.75. The predicted molar refractivity (Wildman–Crippen MR) is 113 cm³/mol. The van der Waals surface area contributed by atoms with E-state index in [-0.39, 0.29) is 11.8 Å². The second kappa shape index (κ2) is 10.8. The maximum absolute atomic E-state index is 12.4. The summed E-state index contributed by atoms with van der Waals surface area (Å²) in [6, 6.07) is 6.06. The van der Waals surface area contributed by atoms with Crippen molar-refractivity contribution in [1.29, 1.82) is 0 Å². The molecule has 1 aromatic rings. The fraction of sp³-hybridized carbons (Fsp3) is 0.636. The van der Waals surface area contributed by atoms with Gasteiger partial charge in [0.15, 0.2) is 15.9 Å². The number of ether oxygens (including phenoxy) is 1. The lowest BCUT2D eigenvalue weighted by atomic mass is 9.89. The van der Waals surface area contributed by atoms with E-state index in [1.807, 2.05) is 19.9 Å². The van der Waals surface area contributed by atoms with E-state index < -0.39 is 33.6 Å². The van der Waals surface area contributed by atoms with Gasteiger partial charge in [0, 0.05) is 0 Å². The summed E-state index contributed by atoms with van der Waals surface area (Å²) < 4.78 is 28.9. The molecule has 0 saturated heterocycles. The SMILES string of the molecule is CCCCCS(=O)(=O)CC(=O)OC(C)C(=O)NC(C)c1ccc2c(c1)CCCC2. The van der Waals surface area contributed by atoms with Gasteiger partial charge in [-0.05, 0) is 62.6 Å². The number of hydrogen-bond donors (Lipinski definition) is 1. The third-order valence-corrected chi connectivity index (χ3v) is 6.89. The fourth-order valence-corrected chi connectivity index (χ4v) is 4.76. The number of amides is 1. The number of sulfone groups is 1. The Bertz CT molecular complexity index is 818. The minimum absolute atomic E-state index is 0.0358. The van der Waals surface area contributed by atoms with Crippen LogP contribution in [0.5, 0.6) is 0 Å². The molecular weight excluding hydrogens is 390 g/mol. The van der Waals surface area contributed by atoms with Crippen molar-refractivity contribution >= 4 is 21.7 Å². The molecule has 0 radical (unpaired) electrons. The van der Waals surface area contributed by atoms with Crippen molar-refractivity contribution in [3.63, 3.8) is 0 Å². The topological polar surface area (TPSA) is 89.5 Å². The molecule has 0 spiro atoms. The van der Waals surface area contributed by atoms with Crippen LogP contribution in [-0.2, 0) is 37.0 Å². The average molecular weight is 424 g/mol. The quantitative estimate of drug-likeness (QED) is 0.461. The zero-order valence-electron chi connectivity index (χ0n) is 17.7. The van der Waals surface area contributed by atoms with Crippen LogP contribution in [0, 0.1) is 0 Å². The maximum atomic E-state index is 12.4. The minimum Gasteiger partial charge on any atom is -0.452 e. The van der Waals surface area contributed by atoms with Crippen LogP contribution >= 0.6 is 0 Å². The van der Waals surface area contributed by atoms with E-state index in [4.69, 9.17) is 4.74 Å². The summed E-state index contributed by atoms with van der Waals surface area (Å²) in [5.74, 6) is -2.04. The lowest BCUT2D eigenvalue weighted by Gasteiger charge is -2.21. The summed E-state index contributed by atoms with van der Waals surface area (Å²) in [5.41, 5.74) is 3.72. The average Bonchev–Trinajstić information content (AvgIpc) is 2.66. The third kappa shape index (κ3) is 7.46. The smallest absolute Gasteiger partial charge is 0.321 e. The van der Waals surface area contributed by atoms with Crippen molar-refractivity contribution in [2.45, 2.75) is 77.9 Å². The van der Waals surface area contributed by atoms with Gasteiger partial charge in [-0.1, -0.05) is 38.0 Å². The van der Waals surface area contributed by atoms with Gasteiger partial charge in [-0.15, -0.1) is 0 Å². The van der Waals surface area contributed by atoms with Gasteiger partial charge in [-0.25, -0.2) is 8.42 Å². The summed E-state index contributed by atoms with van der Waals surface area (Å²) in [5, 5.41) is 2.85. The zero-order valence-corrected chi connectivity index (χ0v) is 18.5. The zero-order chi connectivity index (χ0) is 21.4. The Morgan fingerprint density at radius 1 is 1.10 bits per heavy atom. The van der Waals surface area contributed by atoms with Gasteiger partial charge >= 0.3 is 5.97 Å². The first-order valence-electron chi connectivity index (χ1n) is 10.5. The Labute approximate surface area is 174 Å². The molecule has 1 N–H and O–H groups in total. The Kier molecular flexibility index (Phi) is 8.68. The molecule has 1 amide bonds. The Hall–Kier alpha value is -1.89. The Morgan fingerprint density at radius 3 is 2.48 bits per heavy atom.